The Kier molecular flexibility index (Phi) is 5.52. The molecular weight excluding hydrogens is 364 g/mol. The number of aromatic amines is 1. The second kappa shape index (κ2) is 8.21. The van der Waals surface area contributed by atoms with Gasteiger partial charge in [0.15, 0.2) is 11.5 Å². The number of rotatable bonds is 7. The highest BCUT2D eigenvalue weighted by Crippen LogP contribution is 2.32. The zero-order valence-electron chi connectivity index (χ0n) is 15.4. The lowest BCUT2D eigenvalue weighted by molar-refractivity contribution is -0.120. The molecule has 1 aromatic carbocycles. The smallest absolute Gasteiger partial charge is 0.233 e. The zero-order valence-corrected chi connectivity index (χ0v) is 16.2. The highest BCUT2D eigenvalue weighted by molar-refractivity contribution is 8.00. The van der Waals surface area contributed by atoms with Crippen molar-refractivity contribution in [3.05, 3.63) is 29.6 Å². The molecule has 7 nitrogen and oxygen atoms in total. The van der Waals surface area contributed by atoms with Gasteiger partial charge in [-0.3, -0.25) is 9.89 Å². The molecule has 2 heterocycles. The van der Waals surface area contributed by atoms with Crippen LogP contribution in [0.25, 0.3) is 0 Å². The summed E-state index contributed by atoms with van der Waals surface area (Å²) in [6.07, 6.45) is 6.16. The molecule has 1 aliphatic heterocycles. The largest absolute Gasteiger partial charge is 0.454 e. The quantitative estimate of drug-likeness (QED) is 0.709. The van der Waals surface area contributed by atoms with Gasteiger partial charge in [-0.15, -0.1) is 5.10 Å². The predicted molar refractivity (Wildman–Crippen MR) is 102 cm³/mol. The van der Waals surface area contributed by atoms with Gasteiger partial charge in [0.05, 0.1) is 5.25 Å². The summed E-state index contributed by atoms with van der Waals surface area (Å²) in [4.78, 5) is 16.9. The van der Waals surface area contributed by atoms with Crippen molar-refractivity contribution in [3.8, 4) is 11.5 Å². The maximum atomic E-state index is 12.4. The van der Waals surface area contributed by atoms with Crippen molar-refractivity contribution in [1.29, 1.82) is 0 Å². The first-order valence-electron chi connectivity index (χ1n) is 9.41. The molecule has 0 radical (unpaired) electrons. The number of nitrogens with zero attached hydrogens (tertiary/aromatic N) is 2. The number of hydrogen-bond donors (Lipinski definition) is 2. The molecule has 1 amide bonds. The molecule has 8 heteroatoms. The van der Waals surface area contributed by atoms with Crippen LogP contribution < -0.4 is 14.8 Å². The molecule has 0 saturated heterocycles. The SMILES string of the molecule is CC(Sc1n[nH]c(CC2CCCC2)n1)C(=O)NCc1ccc2c(c1)OCO2. The Labute approximate surface area is 162 Å². The maximum absolute atomic E-state index is 12.4. The van der Waals surface area contributed by atoms with Crippen molar-refractivity contribution in [2.45, 2.75) is 56.0 Å². The van der Waals surface area contributed by atoms with Gasteiger partial charge in [-0.05, 0) is 30.5 Å². The Balaban J connectivity index is 1.26. The lowest BCUT2D eigenvalue weighted by Crippen LogP contribution is -2.30. The zero-order chi connectivity index (χ0) is 18.6. The number of carbonyl (C=O) groups is 1. The maximum Gasteiger partial charge on any atom is 0.233 e. The number of amides is 1. The molecule has 27 heavy (non-hydrogen) atoms. The number of benzene rings is 1. The van der Waals surface area contributed by atoms with Crippen molar-refractivity contribution >= 4 is 17.7 Å². The summed E-state index contributed by atoms with van der Waals surface area (Å²) < 4.78 is 10.7. The Morgan fingerprint density at radius 1 is 1.33 bits per heavy atom. The first-order chi connectivity index (χ1) is 13.2. The van der Waals surface area contributed by atoms with Gasteiger partial charge in [0.2, 0.25) is 17.9 Å². The van der Waals surface area contributed by atoms with Crippen LogP contribution in [0, 0.1) is 5.92 Å². The van der Waals surface area contributed by atoms with E-state index in [9.17, 15) is 4.79 Å². The Hall–Kier alpha value is -2.22. The summed E-state index contributed by atoms with van der Waals surface area (Å²) in [5.74, 6) is 3.07. The van der Waals surface area contributed by atoms with E-state index in [1.54, 1.807) is 0 Å². The third-order valence-corrected chi connectivity index (χ3v) is 5.98. The third kappa shape index (κ3) is 4.55. The lowest BCUT2D eigenvalue weighted by Gasteiger charge is -2.10. The highest BCUT2D eigenvalue weighted by atomic mass is 32.2. The number of hydrogen-bond acceptors (Lipinski definition) is 6. The molecule has 2 aromatic rings. The molecule has 0 spiro atoms. The van der Waals surface area contributed by atoms with Gasteiger partial charge in [-0.1, -0.05) is 43.5 Å². The van der Waals surface area contributed by atoms with Gasteiger partial charge >= 0.3 is 0 Å². The van der Waals surface area contributed by atoms with Gasteiger partial charge < -0.3 is 14.8 Å². The fourth-order valence-electron chi connectivity index (χ4n) is 3.51. The van der Waals surface area contributed by atoms with Crippen molar-refractivity contribution in [3.63, 3.8) is 0 Å². The van der Waals surface area contributed by atoms with E-state index < -0.39 is 0 Å². The molecule has 1 unspecified atom stereocenters. The molecule has 0 bridgehead atoms. The Morgan fingerprint density at radius 3 is 3.00 bits per heavy atom. The molecule has 4 rings (SSSR count). The molecule has 1 saturated carbocycles. The molecule has 1 fully saturated rings. The summed E-state index contributed by atoms with van der Waals surface area (Å²) >= 11 is 1.38. The number of carbonyl (C=O) groups excluding carboxylic acids is 1. The molecule has 2 N–H and O–H groups in total. The van der Waals surface area contributed by atoms with Gasteiger partial charge in [0.1, 0.15) is 5.82 Å². The predicted octanol–water partition coefficient (Wildman–Crippen LogP) is 3.06. The second-order valence-electron chi connectivity index (χ2n) is 7.08. The van der Waals surface area contributed by atoms with Crippen LogP contribution in [-0.4, -0.2) is 33.1 Å². The fraction of sp³-hybridized carbons (Fsp3) is 0.526. The minimum Gasteiger partial charge on any atom is -0.454 e. The first-order valence-corrected chi connectivity index (χ1v) is 10.3. The summed E-state index contributed by atoms with van der Waals surface area (Å²) in [5.41, 5.74) is 0.974. The highest BCUT2D eigenvalue weighted by Gasteiger charge is 2.20. The monoisotopic (exact) mass is 388 g/mol. The first kappa shape index (κ1) is 18.2. The van der Waals surface area contributed by atoms with Crippen molar-refractivity contribution in [2.75, 3.05) is 6.79 Å². The number of ether oxygens (including phenoxy) is 2. The summed E-state index contributed by atoms with van der Waals surface area (Å²) in [6.45, 7) is 2.56. The van der Waals surface area contributed by atoms with E-state index in [-0.39, 0.29) is 18.0 Å². The van der Waals surface area contributed by atoms with Crippen molar-refractivity contribution < 1.29 is 14.3 Å². The molecule has 1 aromatic heterocycles. The summed E-state index contributed by atoms with van der Waals surface area (Å²) in [6, 6.07) is 5.68. The normalized spacial score (nSPS) is 17.2. The van der Waals surface area contributed by atoms with Crippen LogP contribution in [0.1, 0.15) is 44.0 Å². The molecule has 1 aliphatic carbocycles. The van der Waals surface area contributed by atoms with E-state index in [0.29, 0.717) is 11.7 Å². The number of nitrogens with one attached hydrogen (secondary N) is 2. The van der Waals surface area contributed by atoms with Crippen LogP contribution in [0.2, 0.25) is 0 Å². The van der Waals surface area contributed by atoms with Crippen LogP contribution >= 0.6 is 11.8 Å². The summed E-state index contributed by atoms with van der Waals surface area (Å²) in [5, 5.41) is 10.6. The Bertz CT molecular complexity index is 804. The molecular formula is C19H24N4O3S. The second-order valence-corrected chi connectivity index (χ2v) is 8.39. The number of aromatic nitrogens is 3. The van der Waals surface area contributed by atoms with Gasteiger partial charge in [-0.25, -0.2) is 4.98 Å². The minimum atomic E-state index is -0.269. The topological polar surface area (TPSA) is 89.1 Å². The van der Waals surface area contributed by atoms with E-state index in [1.165, 1.54) is 37.4 Å². The van der Waals surface area contributed by atoms with Crippen LogP contribution in [0.3, 0.4) is 0 Å². The van der Waals surface area contributed by atoms with Crippen molar-refractivity contribution in [1.82, 2.24) is 20.5 Å². The Morgan fingerprint density at radius 2 is 2.15 bits per heavy atom. The van der Waals surface area contributed by atoms with Crippen LogP contribution in [0.4, 0.5) is 0 Å². The molecule has 2 aliphatic rings. The number of H-pyrrole nitrogens is 1. The van der Waals surface area contributed by atoms with Gasteiger partial charge in [0, 0.05) is 13.0 Å². The van der Waals surface area contributed by atoms with Gasteiger partial charge in [-0.2, -0.15) is 0 Å². The average Bonchev–Trinajstić information content (AvgIpc) is 3.41. The van der Waals surface area contributed by atoms with E-state index >= 15 is 0 Å². The average molecular weight is 388 g/mol. The standard InChI is InChI=1S/C19H24N4O3S/c1-12(27-19-21-17(22-23-19)9-13-4-2-3-5-13)18(24)20-10-14-6-7-15-16(8-14)26-11-25-15/h6-8,12-13H,2-5,9-11H2,1H3,(H,20,24)(H,21,22,23). The van der Waals surface area contributed by atoms with Gasteiger partial charge in [0.25, 0.3) is 0 Å². The number of fused-ring (bicyclic) bond motifs is 1. The number of thioether (sulfide) groups is 1. The van der Waals surface area contributed by atoms with Crippen LogP contribution in [0.15, 0.2) is 23.4 Å². The molecule has 144 valence electrons. The van der Waals surface area contributed by atoms with E-state index in [2.05, 4.69) is 20.5 Å². The van der Waals surface area contributed by atoms with Crippen LogP contribution in [0.5, 0.6) is 11.5 Å². The summed E-state index contributed by atoms with van der Waals surface area (Å²) in [7, 11) is 0. The fourth-order valence-corrected chi connectivity index (χ4v) is 4.27. The third-order valence-electron chi connectivity index (χ3n) is 5.02. The van der Waals surface area contributed by atoms with E-state index in [0.717, 1.165) is 35.2 Å². The van der Waals surface area contributed by atoms with E-state index in [4.69, 9.17) is 9.47 Å². The lowest BCUT2D eigenvalue weighted by atomic mass is 10.0. The molecule has 1 atom stereocenters. The van der Waals surface area contributed by atoms with E-state index in [1.807, 2.05) is 25.1 Å². The minimum absolute atomic E-state index is 0.0418. The van der Waals surface area contributed by atoms with Crippen molar-refractivity contribution in [2.24, 2.45) is 5.92 Å². The van der Waals surface area contributed by atoms with Crippen LogP contribution in [-0.2, 0) is 17.8 Å².